The van der Waals surface area contributed by atoms with Gasteiger partial charge in [-0.3, -0.25) is 4.79 Å². The van der Waals surface area contributed by atoms with E-state index < -0.39 is 5.97 Å². The first kappa shape index (κ1) is 12.9. The predicted octanol–water partition coefficient (Wildman–Crippen LogP) is 1.82. The van der Waals surface area contributed by atoms with Crippen molar-refractivity contribution in [1.82, 2.24) is 5.32 Å². The zero-order chi connectivity index (χ0) is 13.0. The summed E-state index contributed by atoms with van der Waals surface area (Å²) < 4.78 is 5.45. The van der Waals surface area contributed by atoms with Gasteiger partial charge in [0, 0.05) is 13.0 Å². The highest BCUT2D eigenvalue weighted by molar-refractivity contribution is 5.69. The quantitative estimate of drug-likeness (QED) is 0.755. The molecule has 2 N–H and O–H groups in total. The van der Waals surface area contributed by atoms with Gasteiger partial charge in [0.25, 0.3) is 0 Å². The Balaban J connectivity index is 1.75. The topological polar surface area (TPSA) is 58.6 Å². The molecule has 1 aromatic carbocycles. The Kier molecular flexibility index (Phi) is 4.20. The molecule has 0 aliphatic carbocycles. The molecule has 2 rings (SSSR count). The maximum Gasteiger partial charge on any atom is 0.306 e. The summed E-state index contributed by atoms with van der Waals surface area (Å²) >= 11 is 0. The molecule has 4 heteroatoms. The molecule has 98 valence electrons. The number of carbonyl (C=O) groups is 1. The number of rotatable bonds is 6. The summed E-state index contributed by atoms with van der Waals surface area (Å²) in [6.45, 7) is 4.01. The van der Waals surface area contributed by atoms with E-state index >= 15 is 0 Å². The fraction of sp³-hybridized carbons (Fsp3) is 0.500. The molecule has 0 radical (unpaired) electrons. The standard InChI is InChI=1S/C14H19NO3/c1-10(14(16)17)4-6-15-9-11-2-3-13-12(8-11)5-7-18-13/h2-3,8,10,15H,4-7,9H2,1H3,(H,16,17). The molecule has 1 aliphatic heterocycles. The summed E-state index contributed by atoms with van der Waals surface area (Å²) in [5.74, 6) is -0.0179. The van der Waals surface area contributed by atoms with Gasteiger partial charge in [0.2, 0.25) is 0 Å². The van der Waals surface area contributed by atoms with Gasteiger partial charge in [-0.1, -0.05) is 19.1 Å². The van der Waals surface area contributed by atoms with Crippen molar-refractivity contribution in [2.75, 3.05) is 13.2 Å². The first-order chi connectivity index (χ1) is 8.66. The lowest BCUT2D eigenvalue weighted by molar-refractivity contribution is -0.141. The van der Waals surface area contributed by atoms with Gasteiger partial charge < -0.3 is 15.2 Å². The molecular formula is C14H19NO3. The number of benzene rings is 1. The second-order valence-corrected chi connectivity index (χ2v) is 4.75. The fourth-order valence-electron chi connectivity index (χ4n) is 2.02. The van der Waals surface area contributed by atoms with Crippen LogP contribution in [0.15, 0.2) is 18.2 Å². The third-order valence-corrected chi connectivity index (χ3v) is 3.26. The number of fused-ring (bicyclic) bond motifs is 1. The lowest BCUT2D eigenvalue weighted by Crippen LogP contribution is -2.20. The van der Waals surface area contributed by atoms with Gasteiger partial charge in [0.05, 0.1) is 12.5 Å². The smallest absolute Gasteiger partial charge is 0.306 e. The van der Waals surface area contributed by atoms with Crippen LogP contribution in [-0.4, -0.2) is 24.2 Å². The first-order valence-corrected chi connectivity index (χ1v) is 6.35. The summed E-state index contributed by atoms with van der Waals surface area (Å²) in [5.41, 5.74) is 2.50. The third kappa shape index (κ3) is 3.23. The Morgan fingerprint density at radius 1 is 1.56 bits per heavy atom. The van der Waals surface area contributed by atoms with Gasteiger partial charge in [0.1, 0.15) is 5.75 Å². The van der Waals surface area contributed by atoms with Crippen LogP contribution in [0, 0.1) is 5.92 Å². The van der Waals surface area contributed by atoms with Crippen molar-refractivity contribution < 1.29 is 14.6 Å². The van der Waals surface area contributed by atoms with Crippen LogP contribution in [0.4, 0.5) is 0 Å². The van der Waals surface area contributed by atoms with Gasteiger partial charge >= 0.3 is 5.97 Å². The fourth-order valence-corrected chi connectivity index (χ4v) is 2.02. The monoisotopic (exact) mass is 249 g/mol. The van der Waals surface area contributed by atoms with Crippen LogP contribution in [0.3, 0.4) is 0 Å². The van der Waals surface area contributed by atoms with Crippen LogP contribution < -0.4 is 10.1 Å². The van der Waals surface area contributed by atoms with Gasteiger partial charge in [-0.05, 0) is 30.2 Å². The normalized spacial score (nSPS) is 14.9. The highest BCUT2D eigenvalue weighted by Crippen LogP contribution is 2.25. The Hall–Kier alpha value is -1.55. The van der Waals surface area contributed by atoms with Crippen molar-refractivity contribution in [3.8, 4) is 5.75 Å². The molecule has 1 unspecified atom stereocenters. The molecule has 1 atom stereocenters. The number of carboxylic acids is 1. The molecule has 0 aromatic heterocycles. The van der Waals surface area contributed by atoms with Crippen molar-refractivity contribution >= 4 is 5.97 Å². The lowest BCUT2D eigenvalue weighted by Gasteiger charge is -2.08. The molecule has 0 spiro atoms. The summed E-state index contributed by atoms with van der Waals surface area (Å²) in [7, 11) is 0. The van der Waals surface area contributed by atoms with Gasteiger partial charge in [-0.2, -0.15) is 0 Å². The third-order valence-electron chi connectivity index (χ3n) is 3.26. The van der Waals surface area contributed by atoms with E-state index in [0.717, 1.165) is 31.9 Å². The van der Waals surface area contributed by atoms with Gasteiger partial charge in [-0.15, -0.1) is 0 Å². The second-order valence-electron chi connectivity index (χ2n) is 4.75. The summed E-state index contributed by atoms with van der Waals surface area (Å²) in [5, 5.41) is 12.0. The molecule has 1 heterocycles. The average molecular weight is 249 g/mol. The largest absolute Gasteiger partial charge is 0.493 e. The molecule has 0 saturated carbocycles. The predicted molar refractivity (Wildman–Crippen MR) is 68.8 cm³/mol. The molecule has 18 heavy (non-hydrogen) atoms. The number of hydrogen-bond donors (Lipinski definition) is 2. The van der Waals surface area contributed by atoms with E-state index in [1.165, 1.54) is 11.1 Å². The number of hydrogen-bond acceptors (Lipinski definition) is 3. The van der Waals surface area contributed by atoms with Crippen LogP contribution in [0.2, 0.25) is 0 Å². The van der Waals surface area contributed by atoms with Crippen molar-refractivity contribution in [2.24, 2.45) is 5.92 Å². The summed E-state index contributed by atoms with van der Waals surface area (Å²) in [6, 6.07) is 6.23. The molecule has 1 aliphatic rings. The molecular weight excluding hydrogens is 230 g/mol. The highest BCUT2D eigenvalue weighted by atomic mass is 16.5. The molecule has 0 amide bonds. The summed E-state index contributed by atoms with van der Waals surface area (Å²) in [4.78, 5) is 10.6. The Labute approximate surface area is 107 Å². The highest BCUT2D eigenvalue weighted by Gasteiger charge is 2.12. The molecule has 4 nitrogen and oxygen atoms in total. The van der Waals surface area contributed by atoms with Crippen LogP contribution in [-0.2, 0) is 17.8 Å². The van der Waals surface area contributed by atoms with Gasteiger partial charge in [-0.25, -0.2) is 0 Å². The molecule has 1 aromatic rings. The second kappa shape index (κ2) is 5.87. The number of carboxylic acid groups (broad SMARTS) is 1. The minimum Gasteiger partial charge on any atom is -0.493 e. The van der Waals surface area contributed by atoms with Crippen LogP contribution >= 0.6 is 0 Å². The van der Waals surface area contributed by atoms with Crippen molar-refractivity contribution in [3.63, 3.8) is 0 Å². The van der Waals surface area contributed by atoms with Crippen LogP contribution in [0.25, 0.3) is 0 Å². The summed E-state index contributed by atoms with van der Waals surface area (Å²) in [6.07, 6.45) is 1.64. The van der Waals surface area contributed by atoms with Gasteiger partial charge in [0.15, 0.2) is 0 Å². The average Bonchev–Trinajstić information content (AvgIpc) is 2.81. The van der Waals surface area contributed by atoms with E-state index in [4.69, 9.17) is 9.84 Å². The zero-order valence-electron chi connectivity index (χ0n) is 10.6. The number of aliphatic carboxylic acids is 1. The molecule has 0 saturated heterocycles. The van der Waals surface area contributed by atoms with E-state index in [2.05, 4.69) is 17.4 Å². The van der Waals surface area contributed by atoms with E-state index in [-0.39, 0.29) is 5.92 Å². The van der Waals surface area contributed by atoms with Crippen molar-refractivity contribution in [2.45, 2.75) is 26.3 Å². The maximum atomic E-state index is 10.6. The maximum absolute atomic E-state index is 10.6. The Morgan fingerprint density at radius 3 is 3.17 bits per heavy atom. The Morgan fingerprint density at radius 2 is 2.39 bits per heavy atom. The molecule has 0 bridgehead atoms. The zero-order valence-corrected chi connectivity index (χ0v) is 10.6. The van der Waals surface area contributed by atoms with Crippen molar-refractivity contribution in [3.05, 3.63) is 29.3 Å². The Bertz CT molecular complexity index is 431. The first-order valence-electron chi connectivity index (χ1n) is 6.35. The number of nitrogens with one attached hydrogen (secondary N) is 1. The minimum atomic E-state index is -0.730. The van der Waals surface area contributed by atoms with Crippen LogP contribution in [0.5, 0.6) is 5.75 Å². The minimum absolute atomic E-state index is 0.286. The van der Waals surface area contributed by atoms with E-state index in [1.807, 2.05) is 6.07 Å². The van der Waals surface area contributed by atoms with E-state index in [9.17, 15) is 4.79 Å². The lowest BCUT2D eigenvalue weighted by atomic mass is 10.1. The van der Waals surface area contributed by atoms with Crippen molar-refractivity contribution in [1.29, 1.82) is 0 Å². The number of ether oxygens (including phenoxy) is 1. The van der Waals surface area contributed by atoms with E-state index in [1.54, 1.807) is 6.92 Å². The van der Waals surface area contributed by atoms with E-state index in [0.29, 0.717) is 6.42 Å². The SMILES string of the molecule is CC(CCNCc1ccc2c(c1)CCO2)C(=O)O. The van der Waals surface area contributed by atoms with Crippen LogP contribution in [0.1, 0.15) is 24.5 Å². The molecule has 0 fully saturated rings.